The second kappa shape index (κ2) is 7.13. The summed E-state index contributed by atoms with van der Waals surface area (Å²) in [6, 6.07) is 10.4. The molecule has 2 atom stereocenters. The third kappa shape index (κ3) is 3.22. The molecule has 2 saturated heterocycles. The van der Waals surface area contributed by atoms with E-state index in [1.54, 1.807) is 12.4 Å². The van der Waals surface area contributed by atoms with Gasteiger partial charge in [-0.3, -0.25) is 9.69 Å². The van der Waals surface area contributed by atoms with Crippen LogP contribution in [0.25, 0.3) is 0 Å². The summed E-state index contributed by atoms with van der Waals surface area (Å²) in [5.41, 5.74) is 1.56. The first-order valence-corrected chi connectivity index (χ1v) is 9.12. The molecule has 0 spiro atoms. The van der Waals surface area contributed by atoms with Crippen LogP contribution >= 0.6 is 0 Å². The topological polar surface area (TPSA) is 69.6 Å². The van der Waals surface area contributed by atoms with Gasteiger partial charge in [-0.2, -0.15) is 0 Å². The fourth-order valence-electron chi connectivity index (χ4n) is 4.45. The fraction of sp³-hybridized carbons (Fsp3) is 0.450. The van der Waals surface area contributed by atoms with Gasteiger partial charge in [0.15, 0.2) is 0 Å². The van der Waals surface area contributed by atoms with Crippen molar-refractivity contribution >= 4 is 5.91 Å². The molecule has 4 rings (SSSR count). The van der Waals surface area contributed by atoms with Gasteiger partial charge in [-0.25, -0.2) is 9.97 Å². The molecule has 1 N–H and O–H groups in total. The van der Waals surface area contributed by atoms with Gasteiger partial charge < -0.3 is 10.0 Å². The lowest BCUT2D eigenvalue weighted by molar-refractivity contribution is 0.0117. The molecule has 2 aromatic rings. The molecule has 0 unspecified atom stereocenters. The van der Waals surface area contributed by atoms with E-state index >= 15 is 0 Å². The largest absolute Gasteiger partial charge is 0.396 e. The molecule has 26 heavy (non-hydrogen) atoms. The van der Waals surface area contributed by atoms with Crippen molar-refractivity contribution in [3.8, 4) is 0 Å². The van der Waals surface area contributed by atoms with Crippen molar-refractivity contribution in [2.75, 3.05) is 32.8 Å². The summed E-state index contributed by atoms with van der Waals surface area (Å²) in [6.07, 6.45) is 5.47. The first kappa shape index (κ1) is 17.1. The van der Waals surface area contributed by atoms with Crippen LogP contribution in [0.1, 0.15) is 22.3 Å². The summed E-state index contributed by atoms with van der Waals surface area (Å²) >= 11 is 0. The minimum absolute atomic E-state index is 0.0432. The molecule has 2 aliphatic rings. The van der Waals surface area contributed by atoms with E-state index in [1.807, 2.05) is 11.0 Å². The Balaban J connectivity index is 1.48. The van der Waals surface area contributed by atoms with E-state index in [-0.39, 0.29) is 17.9 Å². The van der Waals surface area contributed by atoms with E-state index in [0.717, 1.165) is 32.6 Å². The summed E-state index contributed by atoms with van der Waals surface area (Å²) in [5.74, 6) is 0.380. The van der Waals surface area contributed by atoms with Crippen molar-refractivity contribution in [2.24, 2.45) is 11.3 Å². The fourth-order valence-corrected chi connectivity index (χ4v) is 4.45. The molecule has 3 heterocycles. The van der Waals surface area contributed by atoms with Crippen LogP contribution in [0.2, 0.25) is 0 Å². The number of fused-ring (bicyclic) bond motifs is 1. The number of carbonyl (C=O) groups excluding carboxylic acids is 1. The maximum Gasteiger partial charge on any atom is 0.257 e. The summed E-state index contributed by atoms with van der Waals surface area (Å²) in [6.45, 7) is 4.11. The number of aromatic nitrogens is 2. The Bertz CT molecular complexity index is 755. The predicted octanol–water partition coefficient (Wildman–Crippen LogP) is 1.43. The molecule has 2 aliphatic heterocycles. The number of benzene rings is 1. The van der Waals surface area contributed by atoms with Crippen molar-refractivity contribution in [3.63, 3.8) is 0 Å². The highest BCUT2D eigenvalue weighted by Gasteiger charge is 2.50. The molecular weight excluding hydrogens is 328 g/mol. The quantitative estimate of drug-likeness (QED) is 0.902. The Labute approximate surface area is 153 Å². The van der Waals surface area contributed by atoms with Gasteiger partial charge in [-0.1, -0.05) is 30.3 Å². The van der Waals surface area contributed by atoms with Gasteiger partial charge in [0.25, 0.3) is 5.91 Å². The van der Waals surface area contributed by atoms with E-state index < -0.39 is 0 Å². The number of likely N-dealkylation sites (tertiary alicyclic amines) is 2. The van der Waals surface area contributed by atoms with Crippen LogP contribution in [0.4, 0.5) is 0 Å². The zero-order valence-corrected chi connectivity index (χ0v) is 14.8. The predicted molar refractivity (Wildman–Crippen MR) is 97.3 cm³/mol. The van der Waals surface area contributed by atoms with Crippen LogP contribution in [0.3, 0.4) is 0 Å². The highest BCUT2D eigenvalue weighted by Crippen LogP contribution is 2.42. The number of piperidine rings is 1. The molecule has 1 amide bonds. The third-order valence-corrected chi connectivity index (χ3v) is 5.79. The SMILES string of the molecule is O=C(c1cncnc1)N1CC[C@H]2CN(Cc3ccccc3)C[C@@]2(CO)C1. The lowest BCUT2D eigenvalue weighted by atomic mass is 9.74. The maximum atomic E-state index is 12.8. The van der Waals surface area contributed by atoms with Crippen molar-refractivity contribution in [3.05, 3.63) is 60.2 Å². The van der Waals surface area contributed by atoms with Crippen LogP contribution in [0.15, 0.2) is 49.1 Å². The van der Waals surface area contributed by atoms with Crippen LogP contribution in [0, 0.1) is 11.3 Å². The van der Waals surface area contributed by atoms with Gasteiger partial charge in [0, 0.05) is 50.5 Å². The summed E-state index contributed by atoms with van der Waals surface area (Å²) in [5, 5.41) is 10.2. The molecule has 6 nitrogen and oxygen atoms in total. The minimum atomic E-state index is -0.238. The van der Waals surface area contributed by atoms with Crippen LogP contribution in [-0.4, -0.2) is 63.6 Å². The highest BCUT2D eigenvalue weighted by atomic mass is 16.3. The molecule has 2 fully saturated rings. The molecule has 0 bridgehead atoms. The van der Waals surface area contributed by atoms with Crippen molar-refractivity contribution in [1.29, 1.82) is 0 Å². The second-order valence-electron chi connectivity index (χ2n) is 7.52. The van der Waals surface area contributed by atoms with Gasteiger partial charge in [-0.15, -0.1) is 0 Å². The number of hydrogen-bond donors (Lipinski definition) is 1. The molecule has 1 aromatic heterocycles. The average Bonchev–Trinajstić information content (AvgIpc) is 3.06. The number of nitrogens with zero attached hydrogens (tertiary/aromatic N) is 4. The monoisotopic (exact) mass is 352 g/mol. The molecular formula is C20H24N4O2. The average molecular weight is 352 g/mol. The van der Waals surface area contributed by atoms with E-state index in [1.165, 1.54) is 11.9 Å². The van der Waals surface area contributed by atoms with E-state index in [9.17, 15) is 9.90 Å². The first-order valence-electron chi connectivity index (χ1n) is 9.12. The lowest BCUT2D eigenvalue weighted by Crippen LogP contribution is -2.52. The van der Waals surface area contributed by atoms with Crippen molar-refractivity contribution in [2.45, 2.75) is 13.0 Å². The van der Waals surface area contributed by atoms with Crippen LogP contribution in [0.5, 0.6) is 0 Å². The standard InChI is InChI=1S/C20H24N4O2/c25-14-20-12-23(10-16-4-2-1-3-5-16)11-18(20)6-7-24(13-20)19(26)17-8-21-15-22-9-17/h1-5,8-9,15,18,25H,6-7,10-14H2/t18-,20-/m0/s1. The number of hydrogen-bond acceptors (Lipinski definition) is 5. The van der Waals surface area contributed by atoms with Gasteiger partial charge in [0.2, 0.25) is 0 Å². The number of carbonyl (C=O) groups is 1. The second-order valence-corrected chi connectivity index (χ2v) is 7.52. The van der Waals surface area contributed by atoms with Gasteiger partial charge in [0.1, 0.15) is 6.33 Å². The van der Waals surface area contributed by atoms with Gasteiger partial charge >= 0.3 is 0 Å². The highest BCUT2D eigenvalue weighted by molar-refractivity contribution is 5.93. The van der Waals surface area contributed by atoms with Gasteiger partial charge in [0.05, 0.1) is 12.2 Å². The molecule has 136 valence electrons. The number of rotatable bonds is 4. The van der Waals surface area contributed by atoms with E-state index in [0.29, 0.717) is 18.0 Å². The number of aliphatic hydroxyl groups is 1. The summed E-state index contributed by atoms with van der Waals surface area (Å²) in [4.78, 5) is 24.9. The first-order chi connectivity index (χ1) is 12.7. The Morgan fingerprint density at radius 3 is 2.69 bits per heavy atom. The Morgan fingerprint density at radius 1 is 1.19 bits per heavy atom. The Kier molecular flexibility index (Phi) is 4.70. The molecule has 6 heteroatoms. The third-order valence-electron chi connectivity index (χ3n) is 5.79. The summed E-state index contributed by atoms with van der Waals surface area (Å²) < 4.78 is 0. The zero-order valence-electron chi connectivity index (χ0n) is 14.8. The molecule has 0 radical (unpaired) electrons. The van der Waals surface area contributed by atoms with Crippen molar-refractivity contribution in [1.82, 2.24) is 19.8 Å². The van der Waals surface area contributed by atoms with Crippen LogP contribution < -0.4 is 0 Å². The van der Waals surface area contributed by atoms with Gasteiger partial charge in [-0.05, 0) is 17.9 Å². The summed E-state index contributed by atoms with van der Waals surface area (Å²) in [7, 11) is 0. The zero-order chi connectivity index (χ0) is 18.0. The number of amides is 1. The minimum Gasteiger partial charge on any atom is -0.396 e. The van der Waals surface area contributed by atoms with Crippen molar-refractivity contribution < 1.29 is 9.90 Å². The Hall–Kier alpha value is -2.31. The Morgan fingerprint density at radius 2 is 1.96 bits per heavy atom. The molecule has 0 aliphatic carbocycles. The van der Waals surface area contributed by atoms with E-state index in [4.69, 9.17) is 0 Å². The van der Waals surface area contributed by atoms with E-state index in [2.05, 4.69) is 39.1 Å². The normalized spacial score (nSPS) is 25.9. The number of aliphatic hydroxyl groups excluding tert-OH is 1. The smallest absolute Gasteiger partial charge is 0.257 e. The maximum absolute atomic E-state index is 12.8. The molecule has 1 aromatic carbocycles. The lowest BCUT2D eigenvalue weighted by Gasteiger charge is -2.43. The van der Waals surface area contributed by atoms with Crippen LogP contribution in [-0.2, 0) is 6.54 Å². The molecule has 0 saturated carbocycles.